The van der Waals surface area contributed by atoms with E-state index in [0.717, 1.165) is 24.4 Å². The molecule has 1 heterocycles. The predicted molar refractivity (Wildman–Crippen MR) is 78.9 cm³/mol. The van der Waals surface area contributed by atoms with Crippen molar-refractivity contribution in [1.29, 1.82) is 0 Å². The number of aromatic nitrogens is 2. The van der Waals surface area contributed by atoms with Gasteiger partial charge < -0.3 is 15.0 Å². The fraction of sp³-hybridized carbons (Fsp3) is 0.400. The molecular weight excluding hydrogens is 274 g/mol. The molecule has 1 aromatic carbocycles. The van der Waals surface area contributed by atoms with E-state index < -0.39 is 0 Å². The molecule has 0 amide bonds. The van der Waals surface area contributed by atoms with Gasteiger partial charge in [-0.3, -0.25) is 0 Å². The van der Waals surface area contributed by atoms with Crippen LogP contribution >= 0.6 is 11.6 Å². The summed E-state index contributed by atoms with van der Waals surface area (Å²) in [7, 11) is 1.87. The van der Waals surface area contributed by atoms with Crippen LogP contribution in [0.5, 0.6) is 5.75 Å². The van der Waals surface area contributed by atoms with Gasteiger partial charge in [0.25, 0.3) is 0 Å². The van der Waals surface area contributed by atoms with Crippen LogP contribution < -0.4 is 10.5 Å². The van der Waals surface area contributed by atoms with E-state index in [-0.39, 0.29) is 6.04 Å². The van der Waals surface area contributed by atoms with Crippen LogP contribution in [0.1, 0.15) is 35.8 Å². The number of nitrogens with two attached hydrogens (primary N) is 1. The van der Waals surface area contributed by atoms with Crippen molar-refractivity contribution < 1.29 is 4.74 Å². The molecule has 1 aliphatic rings. The molecule has 1 aromatic heterocycles. The first kappa shape index (κ1) is 13.5. The predicted octanol–water partition coefficient (Wildman–Crippen LogP) is 2.99. The molecule has 4 nitrogen and oxygen atoms in total. The second kappa shape index (κ2) is 5.46. The normalized spacial score (nSPS) is 17.9. The Morgan fingerprint density at radius 2 is 2.35 bits per heavy atom. The minimum Gasteiger partial charge on any atom is -0.486 e. The molecule has 0 spiro atoms. The van der Waals surface area contributed by atoms with Gasteiger partial charge in [-0.05, 0) is 42.5 Å². The minimum absolute atomic E-state index is 0.130. The number of halogens is 1. The summed E-state index contributed by atoms with van der Waals surface area (Å²) >= 11 is 5.95. The van der Waals surface area contributed by atoms with Crippen LogP contribution in [0.25, 0.3) is 0 Å². The number of rotatable bonds is 3. The molecule has 1 aliphatic carbocycles. The maximum atomic E-state index is 6.16. The maximum absolute atomic E-state index is 6.16. The van der Waals surface area contributed by atoms with E-state index in [1.807, 2.05) is 17.7 Å². The highest BCUT2D eigenvalue weighted by Gasteiger charge is 2.17. The molecule has 0 saturated heterocycles. The van der Waals surface area contributed by atoms with Gasteiger partial charge in [0, 0.05) is 13.1 Å². The van der Waals surface area contributed by atoms with Crippen LogP contribution in [0.15, 0.2) is 24.4 Å². The smallest absolute Gasteiger partial charge is 0.147 e. The van der Waals surface area contributed by atoms with E-state index in [9.17, 15) is 0 Å². The zero-order valence-electron chi connectivity index (χ0n) is 11.5. The van der Waals surface area contributed by atoms with E-state index in [2.05, 4.69) is 17.1 Å². The summed E-state index contributed by atoms with van der Waals surface area (Å²) in [6.07, 6.45) is 4.95. The molecule has 2 N–H and O–H groups in total. The van der Waals surface area contributed by atoms with Gasteiger partial charge in [-0.15, -0.1) is 0 Å². The summed E-state index contributed by atoms with van der Waals surface area (Å²) in [6.45, 7) is 0.400. The van der Waals surface area contributed by atoms with Gasteiger partial charge in [0.1, 0.15) is 23.3 Å². The number of nitrogens with zero attached hydrogens (tertiary/aromatic N) is 2. The first-order chi connectivity index (χ1) is 9.65. The number of hydrogen-bond donors (Lipinski definition) is 1. The fourth-order valence-corrected chi connectivity index (χ4v) is 2.76. The van der Waals surface area contributed by atoms with Crippen molar-refractivity contribution in [1.82, 2.24) is 9.55 Å². The number of imidazole rings is 1. The van der Waals surface area contributed by atoms with Crippen molar-refractivity contribution in [3.05, 3.63) is 46.5 Å². The Morgan fingerprint density at radius 3 is 3.10 bits per heavy atom. The van der Waals surface area contributed by atoms with Crippen LogP contribution in [0.2, 0.25) is 5.15 Å². The molecule has 3 rings (SSSR count). The second-order valence-electron chi connectivity index (χ2n) is 5.20. The molecule has 1 atom stereocenters. The Labute approximate surface area is 123 Å². The maximum Gasteiger partial charge on any atom is 0.147 e. The average Bonchev–Trinajstić information content (AvgIpc) is 2.77. The van der Waals surface area contributed by atoms with E-state index >= 15 is 0 Å². The van der Waals surface area contributed by atoms with Crippen LogP contribution in [0.4, 0.5) is 0 Å². The number of benzene rings is 1. The summed E-state index contributed by atoms with van der Waals surface area (Å²) < 4.78 is 7.61. The van der Waals surface area contributed by atoms with E-state index in [4.69, 9.17) is 22.1 Å². The molecule has 0 aliphatic heterocycles. The van der Waals surface area contributed by atoms with Gasteiger partial charge in [0.15, 0.2) is 0 Å². The van der Waals surface area contributed by atoms with Gasteiger partial charge in [-0.1, -0.05) is 17.7 Å². The molecule has 0 radical (unpaired) electrons. The summed E-state index contributed by atoms with van der Waals surface area (Å²) in [4.78, 5) is 4.21. The third-order valence-electron chi connectivity index (χ3n) is 3.87. The van der Waals surface area contributed by atoms with E-state index in [1.54, 1.807) is 6.20 Å². The fourth-order valence-electron chi connectivity index (χ4n) is 2.61. The molecule has 0 bridgehead atoms. The second-order valence-corrected chi connectivity index (χ2v) is 5.59. The Hall–Kier alpha value is -1.52. The monoisotopic (exact) mass is 291 g/mol. The lowest BCUT2D eigenvalue weighted by Gasteiger charge is -2.22. The minimum atomic E-state index is 0.130. The van der Waals surface area contributed by atoms with E-state index in [1.165, 1.54) is 17.5 Å². The molecular formula is C15H18ClN3O. The SMILES string of the molecule is Cn1c(Cl)cnc1COc1ccc2c(c1)C(N)CCC2. The number of ether oxygens (including phenoxy) is 1. The summed E-state index contributed by atoms with van der Waals surface area (Å²) in [5, 5.41) is 0.607. The third-order valence-corrected chi connectivity index (χ3v) is 4.22. The molecule has 0 fully saturated rings. The van der Waals surface area contributed by atoms with Crippen LogP contribution in [-0.4, -0.2) is 9.55 Å². The molecule has 1 unspecified atom stereocenters. The van der Waals surface area contributed by atoms with Crippen LogP contribution in [-0.2, 0) is 20.1 Å². The lowest BCUT2D eigenvalue weighted by Crippen LogP contribution is -2.17. The van der Waals surface area contributed by atoms with Gasteiger partial charge in [0.2, 0.25) is 0 Å². The number of hydrogen-bond acceptors (Lipinski definition) is 3. The quantitative estimate of drug-likeness (QED) is 0.946. The first-order valence-corrected chi connectivity index (χ1v) is 7.20. The Morgan fingerprint density at radius 1 is 1.50 bits per heavy atom. The van der Waals surface area contributed by atoms with Crippen LogP contribution in [0.3, 0.4) is 0 Å². The standard InChI is InChI=1S/C15H18ClN3O/c1-19-14(16)8-18-15(19)9-20-11-6-5-10-3-2-4-13(17)12(10)7-11/h5-8,13H,2-4,9,17H2,1H3. The Balaban J connectivity index is 1.75. The van der Waals surface area contributed by atoms with Gasteiger partial charge in [-0.25, -0.2) is 4.98 Å². The molecule has 5 heteroatoms. The molecule has 106 valence electrons. The Kier molecular flexibility index (Phi) is 3.68. The summed E-state index contributed by atoms with van der Waals surface area (Å²) in [5.74, 6) is 1.64. The van der Waals surface area contributed by atoms with Crippen LogP contribution in [0, 0.1) is 0 Å². The Bertz CT molecular complexity index is 624. The van der Waals surface area contributed by atoms with Crippen molar-refractivity contribution in [2.45, 2.75) is 31.9 Å². The van der Waals surface area contributed by atoms with Crippen molar-refractivity contribution in [2.75, 3.05) is 0 Å². The highest BCUT2D eigenvalue weighted by Crippen LogP contribution is 2.31. The zero-order chi connectivity index (χ0) is 14.1. The van der Waals surface area contributed by atoms with E-state index in [0.29, 0.717) is 11.8 Å². The van der Waals surface area contributed by atoms with Gasteiger partial charge >= 0.3 is 0 Å². The summed E-state index contributed by atoms with van der Waals surface area (Å²) in [5.41, 5.74) is 8.72. The van der Waals surface area contributed by atoms with Crippen molar-refractivity contribution in [3.63, 3.8) is 0 Å². The number of aryl methyl sites for hydroxylation is 1. The largest absolute Gasteiger partial charge is 0.486 e. The lowest BCUT2D eigenvalue weighted by atomic mass is 9.88. The summed E-state index contributed by atoms with van der Waals surface area (Å²) in [6, 6.07) is 6.31. The third kappa shape index (κ3) is 2.53. The topological polar surface area (TPSA) is 53.1 Å². The molecule has 2 aromatic rings. The molecule has 20 heavy (non-hydrogen) atoms. The van der Waals surface area contributed by atoms with Crippen molar-refractivity contribution in [3.8, 4) is 5.75 Å². The average molecular weight is 292 g/mol. The number of fused-ring (bicyclic) bond motifs is 1. The van der Waals surface area contributed by atoms with Gasteiger partial charge in [-0.2, -0.15) is 0 Å². The zero-order valence-corrected chi connectivity index (χ0v) is 12.2. The highest BCUT2D eigenvalue weighted by molar-refractivity contribution is 6.29. The molecule has 0 saturated carbocycles. The van der Waals surface area contributed by atoms with Gasteiger partial charge in [0.05, 0.1) is 6.20 Å². The van der Waals surface area contributed by atoms with Crippen molar-refractivity contribution in [2.24, 2.45) is 12.8 Å². The first-order valence-electron chi connectivity index (χ1n) is 6.82. The van der Waals surface area contributed by atoms with Crippen molar-refractivity contribution >= 4 is 11.6 Å². The highest BCUT2D eigenvalue weighted by atomic mass is 35.5. The lowest BCUT2D eigenvalue weighted by molar-refractivity contribution is 0.291.